The molecule has 0 radical (unpaired) electrons. The Morgan fingerprint density at radius 1 is 1.65 bits per heavy atom. The van der Waals surface area contributed by atoms with E-state index in [1.807, 2.05) is 16.8 Å². The average Bonchev–Trinajstić information content (AvgIpc) is 2.86. The van der Waals surface area contributed by atoms with E-state index in [2.05, 4.69) is 5.10 Å². The van der Waals surface area contributed by atoms with Gasteiger partial charge in [-0.1, -0.05) is 0 Å². The fourth-order valence-electron chi connectivity index (χ4n) is 1.35. The molecule has 0 saturated carbocycles. The fraction of sp³-hybridized carbons (Fsp3) is 0.111. The van der Waals surface area contributed by atoms with Gasteiger partial charge in [0.1, 0.15) is 6.20 Å². The highest BCUT2D eigenvalue weighted by Crippen LogP contribution is 2.18. The summed E-state index contributed by atoms with van der Waals surface area (Å²) in [7, 11) is 0. The molecule has 2 heterocycles. The minimum atomic E-state index is -1.40. The van der Waals surface area contributed by atoms with E-state index >= 15 is 0 Å². The summed E-state index contributed by atoms with van der Waals surface area (Å²) in [4.78, 5) is 20.6. The number of carbonyl (C=O) groups is 1. The molecular weight excluding hydrogens is 246 g/mol. The van der Waals surface area contributed by atoms with Crippen molar-refractivity contribution in [3.63, 3.8) is 0 Å². The highest BCUT2D eigenvalue weighted by molar-refractivity contribution is 7.07. The second kappa shape index (κ2) is 4.34. The van der Waals surface area contributed by atoms with E-state index in [0.717, 1.165) is 11.8 Å². The lowest BCUT2D eigenvalue weighted by atomic mass is 10.3. The zero-order valence-electron chi connectivity index (χ0n) is 8.44. The number of hydrogen-bond donors (Lipinski definition) is 1. The minimum Gasteiger partial charge on any atom is -0.476 e. The van der Waals surface area contributed by atoms with Crippen molar-refractivity contribution in [2.75, 3.05) is 0 Å². The number of rotatable bonds is 4. The van der Waals surface area contributed by atoms with Gasteiger partial charge in [-0.15, -0.1) is 0 Å². The summed E-state index contributed by atoms with van der Waals surface area (Å²) in [6.07, 6.45) is 1.13. The fourth-order valence-corrected chi connectivity index (χ4v) is 2.01. The summed E-state index contributed by atoms with van der Waals surface area (Å²) in [6, 6.07) is 1.85. The van der Waals surface area contributed by atoms with Gasteiger partial charge < -0.3 is 5.11 Å². The van der Waals surface area contributed by atoms with E-state index in [0.29, 0.717) is 6.54 Å². The molecule has 0 aliphatic carbocycles. The summed E-state index contributed by atoms with van der Waals surface area (Å²) in [6.45, 7) is 0.317. The lowest BCUT2D eigenvalue weighted by Crippen LogP contribution is -2.04. The molecule has 2 rings (SSSR count). The first-order valence-corrected chi connectivity index (χ1v) is 5.48. The van der Waals surface area contributed by atoms with Crippen LogP contribution in [0.4, 0.5) is 5.69 Å². The molecule has 0 bridgehead atoms. The Balaban J connectivity index is 2.34. The molecule has 88 valence electrons. The zero-order valence-corrected chi connectivity index (χ0v) is 9.25. The molecular formula is C9H7N3O4S. The smallest absolute Gasteiger partial charge is 0.363 e. The van der Waals surface area contributed by atoms with Crippen LogP contribution in [0.2, 0.25) is 0 Å². The number of hydrogen-bond acceptors (Lipinski definition) is 5. The second-order valence-electron chi connectivity index (χ2n) is 3.25. The number of carboxylic acids is 1. The van der Waals surface area contributed by atoms with Crippen LogP contribution in [0.15, 0.2) is 23.0 Å². The van der Waals surface area contributed by atoms with Gasteiger partial charge in [0.15, 0.2) is 0 Å². The molecule has 0 fully saturated rings. The van der Waals surface area contributed by atoms with Gasteiger partial charge in [-0.2, -0.15) is 16.4 Å². The molecule has 2 aromatic rings. The predicted molar refractivity (Wildman–Crippen MR) is 59.3 cm³/mol. The van der Waals surface area contributed by atoms with Gasteiger partial charge in [-0.05, 0) is 22.4 Å². The van der Waals surface area contributed by atoms with Crippen molar-refractivity contribution in [1.82, 2.24) is 9.78 Å². The van der Waals surface area contributed by atoms with Crippen molar-refractivity contribution in [2.24, 2.45) is 0 Å². The van der Waals surface area contributed by atoms with Crippen LogP contribution in [0.5, 0.6) is 0 Å². The van der Waals surface area contributed by atoms with E-state index in [9.17, 15) is 14.9 Å². The van der Waals surface area contributed by atoms with E-state index in [-0.39, 0.29) is 0 Å². The standard InChI is InChI=1S/C9H7N3O4S/c13-9(14)8-7(12(15)16)4-11(10-8)3-6-1-2-17-5-6/h1-2,4-5H,3H2,(H,13,14). The lowest BCUT2D eigenvalue weighted by Gasteiger charge is -1.95. The summed E-state index contributed by atoms with van der Waals surface area (Å²) in [5, 5.41) is 26.8. The molecule has 0 amide bonds. The highest BCUT2D eigenvalue weighted by Gasteiger charge is 2.25. The SMILES string of the molecule is O=C(O)c1nn(Cc2ccsc2)cc1[N+](=O)[O-]. The Morgan fingerprint density at radius 3 is 2.88 bits per heavy atom. The highest BCUT2D eigenvalue weighted by atomic mass is 32.1. The third-order valence-corrected chi connectivity index (χ3v) is 2.80. The van der Waals surface area contributed by atoms with Crippen molar-refractivity contribution < 1.29 is 14.8 Å². The third kappa shape index (κ3) is 2.31. The largest absolute Gasteiger partial charge is 0.476 e. The molecule has 0 unspecified atom stereocenters. The van der Waals surface area contributed by atoms with Crippen LogP contribution < -0.4 is 0 Å². The van der Waals surface area contributed by atoms with Crippen molar-refractivity contribution in [2.45, 2.75) is 6.54 Å². The number of nitrogens with zero attached hydrogens (tertiary/aromatic N) is 3. The Bertz CT molecular complexity index is 529. The van der Waals surface area contributed by atoms with Crippen molar-refractivity contribution in [1.29, 1.82) is 0 Å². The van der Waals surface area contributed by atoms with E-state index in [1.165, 1.54) is 16.0 Å². The number of thiophene rings is 1. The summed E-state index contributed by atoms with van der Waals surface area (Å²) >= 11 is 1.49. The maximum Gasteiger partial charge on any atom is 0.363 e. The first-order valence-electron chi connectivity index (χ1n) is 4.54. The van der Waals surface area contributed by atoms with Crippen LogP contribution in [-0.4, -0.2) is 25.8 Å². The Kier molecular flexibility index (Phi) is 2.88. The lowest BCUT2D eigenvalue weighted by molar-refractivity contribution is -0.385. The second-order valence-corrected chi connectivity index (χ2v) is 4.03. The van der Waals surface area contributed by atoms with Gasteiger partial charge in [0, 0.05) is 0 Å². The molecule has 17 heavy (non-hydrogen) atoms. The Labute approximate surface area is 99.1 Å². The molecule has 0 aliphatic rings. The number of nitro groups is 1. The van der Waals surface area contributed by atoms with Crippen LogP contribution >= 0.6 is 11.3 Å². The maximum absolute atomic E-state index is 10.8. The maximum atomic E-state index is 10.8. The normalized spacial score (nSPS) is 10.4. The molecule has 0 aromatic carbocycles. The monoisotopic (exact) mass is 253 g/mol. The molecule has 8 heteroatoms. The molecule has 1 N–H and O–H groups in total. The van der Waals surface area contributed by atoms with Gasteiger partial charge in [-0.25, -0.2) is 4.79 Å². The predicted octanol–water partition coefficient (Wildman–Crippen LogP) is 1.60. The van der Waals surface area contributed by atoms with Crippen LogP contribution in [0, 0.1) is 10.1 Å². The van der Waals surface area contributed by atoms with Crippen LogP contribution in [0.3, 0.4) is 0 Å². The summed E-state index contributed by atoms with van der Waals surface area (Å²) in [5.41, 5.74) is -0.109. The number of carboxylic acid groups (broad SMARTS) is 1. The number of aromatic carboxylic acids is 1. The van der Waals surface area contributed by atoms with Gasteiger partial charge in [0.2, 0.25) is 5.69 Å². The summed E-state index contributed by atoms with van der Waals surface area (Å²) in [5.74, 6) is -1.40. The molecule has 0 aliphatic heterocycles. The quantitative estimate of drug-likeness (QED) is 0.659. The van der Waals surface area contributed by atoms with Crippen molar-refractivity contribution >= 4 is 23.0 Å². The molecule has 7 nitrogen and oxygen atoms in total. The average molecular weight is 253 g/mol. The van der Waals surface area contributed by atoms with Crippen molar-refractivity contribution in [3.05, 3.63) is 44.4 Å². The Hall–Kier alpha value is -2.22. The zero-order chi connectivity index (χ0) is 12.4. The third-order valence-electron chi connectivity index (χ3n) is 2.07. The van der Waals surface area contributed by atoms with E-state index < -0.39 is 22.3 Å². The molecule has 2 aromatic heterocycles. The Morgan fingerprint density at radius 2 is 2.41 bits per heavy atom. The van der Waals surface area contributed by atoms with E-state index in [1.54, 1.807) is 0 Å². The van der Waals surface area contributed by atoms with Gasteiger partial charge in [0.05, 0.1) is 11.5 Å². The number of aromatic nitrogens is 2. The first-order chi connectivity index (χ1) is 8.08. The molecule has 0 spiro atoms. The van der Waals surface area contributed by atoms with Crippen LogP contribution in [0.1, 0.15) is 16.1 Å². The van der Waals surface area contributed by atoms with Crippen molar-refractivity contribution in [3.8, 4) is 0 Å². The molecule has 0 atom stereocenters. The van der Waals surface area contributed by atoms with Gasteiger partial charge in [0.25, 0.3) is 0 Å². The summed E-state index contributed by atoms with van der Waals surface area (Å²) < 4.78 is 1.25. The first kappa shape index (κ1) is 11.3. The topological polar surface area (TPSA) is 98.3 Å². The van der Waals surface area contributed by atoms with Gasteiger partial charge >= 0.3 is 11.7 Å². The molecule has 0 saturated heterocycles. The van der Waals surface area contributed by atoms with Crippen LogP contribution in [0.25, 0.3) is 0 Å². The minimum absolute atomic E-state index is 0.317. The van der Waals surface area contributed by atoms with Gasteiger partial charge in [-0.3, -0.25) is 14.8 Å². The van der Waals surface area contributed by atoms with E-state index in [4.69, 9.17) is 5.11 Å². The van der Waals surface area contributed by atoms with Crippen LogP contribution in [-0.2, 0) is 6.54 Å².